The van der Waals surface area contributed by atoms with Crippen molar-refractivity contribution in [2.24, 2.45) is 5.92 Å². The second-order valence-corrected chi connectivity index (χ2v) is 7.20. The summed E-state index contributed by atoms with van der Waals surface area (Å²) in [7, 11) is -3.11. The minimum absolute atomic E-state index is 0.202. The van der Waals surface area contributed by atoms with E-state index in [2.05, 4.69) is 15.9 Å². The summed E-state index contributed by atoms with van der Waals surface area (Å²) in [6.07, 6.45) is 0. The first kappa shape index (κ1) is 11.9. The Kier molecular flexibility index (Phi) is 3.01. The lowest BCUT2D eigenvalue weighted by atomic mass is 10.2. The monoisotopic (exact) mass is 303 g/mol. The van der Waals surface area contributed by atoms with Gasteiger partial charge in [-0.2, -0.15) is 0 Å². The van der Waals surface area contributed by atoms with Crippen molar-refractivity contribution in [1.29, 1.82) is 0 Å². The van der Waals surface area contributed by atoms with E-state index in [1.165, 1.54) is 4.31 Å². The van der Waals surface area contributed by atoms with E-state index in [9.17, 15) is 8.42 Å². The van der Waals surface area contributed by atoms with E-state index in [0.717, 1.165) is 15.7 Å². The lowest BCUT2D eigenvalue weighted by molar-refractivity contribution is 0.598. The van der Waals surface area contributed by atoms with Crippen LogP contribution in [0.25, 0.3) is 0 Å². The van der Waals surface area contributed by atoms with Gasteiger partial charge in [0.05, 0.1) is 11.4 Å². The van der Waals surface area contributed by atoms with Crippen LogP contribution in [0.5, 0.6) is 0 Å². The van der Waals surface area contributed by atoms with Gasteiger partial charge in [0.2, 0.25) is 10.0 Å². The maximum absolute atomic E-state index is 11.9. The number of anilines is 1. The van der Waals surface area contributed by atoms with Crippen molar-refractivity contribution in [3.8, 4) is 0 Å². The molecule has 0 N–H and O–H groups in total. The number of rotatable bonds is 1. The van der Waals surface area contributed by atoms with Crippen molar-refractivity contribution in [2.75, 3.05) is 16.6 Å². The third-order valence-electron chi connectivity index (χ3n) is 2.74. The van der Waals surface area contributed by atoms with Crippen molar-refractivity contribution in [3.63, 3.8) is 0 Å². The Morgan fingerprint density at radius 2 is 2.12 bits per heavy atom. The molecule has 0 amide bonds. The highest BCUT2D eigenvalue weighted by Gasteiger charge is 2.34. The van der Waals surface area contributed by atoms with Crippen LogP contribution in [0.3, 0.4) is 0 Å². The van der Waals surface area contributed by atoms with E-state index >= 15 is 0 Å². The van der Waals surface area contributed by atoms with E-state index in [1.54, 1.807) is 0 Å². The van der Waals surface area contributed by atoms with E-state index in [1.807, 2.05) is 32.0 Å². The molecule has 1 aliphatic rings. The summed E-state index contributed by atoms with van der Waals surface area (Å²) < 4.78 is 26.3. The predicted molar refractivity (Wildman–Crippen MR) is 69.2 cm³/mol. The molecule has 0 saturated carbocycles. The number of hydrogen-bond acceptors (Lipinski definition) is 2. The molecule has 0 spiro atoms. The molecule has 88 valence electrons. The van der Waals surface area contributed by atoms with Crippen LogP contribution in [0.1, 0.15) is 12.5 Å². The molecular weight excluding hydrogens is 290 g/mol. The third-order valence-corrected chi connectivity index (χ3v) is 5.24. The van der Waals surface area contributed by atoms with Crippen molar-refractivity contribution in [2.45, 2.75) is 13.8 Å². The zero-order chi connectivity index (χ0) is 11.9. The molecule has 1 aliphatic heterocycles. The van der Waals surface area contributed by atoms with E-state index < -0.39 is 10.0 Å². The zero-order valence-corrected chi connectivity index (χ0v) is 11.7. The lowest BCUT2D eigenvalue weighted by Gasteiger charge is -2.19. The first-order valence-corrected chi connectivity index (χ1v) is 7.57. The lowest BCUT2D eigenvalue weighted by Crippen LogP contribution is -2.25. The van der Waals surface area contributed by atoms with Crippen LogP contribution in [0.4, 0.5) is 5.69 Å². The predicted octanol–water partition coefficient (Wildman–Crippen LogP) is 2.54. The fourth-order valence-electron chi connectivity index (χ4n) is 2.05. The van der Waals surface area contributed by atoms with Gasteiger partial charge in [-0.05, 0) is 36.6 Å². The number of hydrogen-bond donors (Lipinski definition) is 0. The average molecular weight is 304 g/mol. The van der Waals surface area contributed by atoms with Gasteiger partial charge in [-0.15, -0.1) is 0 Å². The molecule has 1 saturated heterocycles. The highest BCUT2D eigenvalue weighted by Crippen LogP contribution is 2.30. The van der Waals surface area contributed by atoms with Gasteiger partial charge in [0.25, 0.3) is 0 Å². The molecule has 0 aromatic heterocycles. The molecule has 1 fully saturated rings. The van der Waals surface area contributed by atoms with Gasteiger partial charge in [-0.25, -0.2) is 8.42 Å². The molecule has 1 aromatic rings. The fraction of sp³-hybridized carbons (Fsp3) is 0.455. The van der Waals surface area contributed by atoms with Crippen LogP contribution < -0.4 is 4.31 Å². The maximum Gasteiger partial charge on any atom is 0.235 e. The molecule has 2 rings (SSSR count). The van der Waals surface area contributed by atoms with Crippen LogP contribution in [0.2, 0.25) is 0 Å². The molecule has 1 aromatic carbocycles. The minimum atomic E-state index is -3.11. The molecule has 0 radical (unpaired) electrons. The molecule has 1 unspecified atom stereocenters. The minimum Gasteiger partial charge on any atom is -0.270 e. The van der Waals surface area contributed by atoms with Crippen molar-refractivity contribution in [3.05, 3.63) is 28.2 Å². The van der Waals surface area contributed by atoms with Gasteiger partial charge in [-0.3, -0.25) is 4.31 Å². The van der Waals surface area contributed by atoms with Gasteiger partial charge >= 0.3 is 0 Å². The van der Waals surface area contributed by atoms with Gasteiger partial charge < -0.3 is 0 Å². The normalized spacial score (nSPS) is 23.7. The summed E-state index contributed by atoms with van der Waals surface area (Å²) >= 11 is 3.38. The summed E-state index contributed by atoms with van der Waals surface area (Å²) in [6.45, 7) is 4.48. The Morgan fingerprint density at radius 3 is 2.62 bits per heavy atom. The topological polar surface area (TPSA) is 37.4 Å². The molecule has 1 atom stereocenters. The van der Waals surface area contributed by atoms with E-state index in [4.69, 9.17) is 0 Å². The van der Waals surface area contributed by atoms with Crippen LogP contribution in [-0.4, -0.2) is 20.7 Å². The molecule has 3 nitrogen and oxygen atoms in total. The van der Waals surface area contributed by atoms with Crippen LogP contribution in [0, 0.1) is 12.8 Å². The van der Waals surface area contributed by atoms with Crippen LogP contribution >= 0.6 is 15.9 Å². The summed E-state index contributed by atoms with van der Waals surface area (Å²) in [5.41, 5.74) is 1.78. The number of halogens is 1. The van der Waals surface area contributed by atoms with Crippen molar-refractivity contribution >= 4 is 31.6 Å². The van der Waals surface area contributed by atoms with Gasteiger partial charge in [0.1, 0.15) is 0 Å². The Labute approximate surface area is 105 Å². The van der Waals surface area contributed by atoms with Gasteiger partial charge in [0.15, 0.2) is 0 Å². The van der Waals surface area contributed by atoms with E-state index in [0.29, 0.717) is 6.54 Å². The second kappa shape index (κ2) is 4.04. The Morgan fingerprint density at radius 1 is 1.44 bits per heavy atom. The van der Waals surface area contributed by atoms with Crippen LogP contribution in [0.15, 0.2) is 22.7 Å². The average Bonchev–Trinajstić information content (AvgIpc) is 2.39. The third kappa shape index (κ3) is 2.11. The summed E-state index contributed by atoms with van der Waals surface area (Å²) in [5, 5.41) is 0. The fourth-order valence-corrected chi connectivity index (χ4v) is 4.51. The Bertz CT molecular complexity index is 513. The maximum atomic E-state index is 11.9. The standard InChI is InChI=1S/C11H14BrNO2S/c1-8-6-13(16(14,15)7-8)11-4-3-10(12)5-9(11)2/h3-5,8H,6-7H2,1-2H3. The SMILES string of the molecule is Cc1cc(Br)ccc1N1CC(C)CS1(=O)=O. The molecule has 1 heterocycles. The summed E-state index contributed by atoms with van der Waals surface area (Å²) in [4.78, 5) is 0. The summed E-state index contributed by atoms with van der Waals surface area (Å²) in [6, 6.07) is 5.67. The molecule has 16 heavy (non-hydrogen) atoms. The molecular formula is C11H14BrNO2S. The first-order chi connectivity index (χ1) is 7.40. The number of nitrogens with zero attached hydrogens (tertiary/aromatic N) is 1. The Balaban J connectivity index is 2.45. The highest BCUT2D eigenvalue weighted by molar-refractivity contribution is 9.10. The second-order valence-electron chi connectivity index (χ2n) is 4.35. The van der Waals surface area contributed by atoms with Gasteiger partial charge in [-0.1, -0.05) is 22.9 Å². The molecule has 5 heteroatoms. The summed E-state index contributed by atoms with van der Waals surface area (Å²) in [5.74, 6) is 0.454. The molecule has 0 bridgehead atoms. The van der Waals surface area contributed by atoms with Crippen molar-refractivity contribution in [1.82, 2.24) is 0 Å². The number of benzene rings is 1. The van der Waals surface area contributed by atoms with Gasteiger partial charge in [0, 0.05) is 11.0 Å². The Hall–Kier alpha value is -0.550. The number of aryl methyl sites for hydroxylation is 1. The number of sulfonamides is 1. The zero-order valence-electron chi connectivity index (χ0n) is 9.27. The van der Waals surface area contributed by atoms with E-state index in [-0.39, 0.29) is 11.7 Å². The highest BCUT2D eigenvalue weighted by atomic mass is 79.9. The first-order valence-electron chi connectivity index (χ1n) is 5.17. The smallest absolute Gasteiger partial charge is 0.235 e. The quantitative estimate of drug-likeness (QED) is 0.799. The van der Waals surface area contributed by atoms with Crippen molar-refractivity contribution < 1.29 is 8.42 Å². The van der Waals surface area contributed by atoms with Crippen LogP contribution in [-0.2, 0) is 10.0 Å². The largest absolute Gasteiger partial charge is 0.270 e. The molecule has 0 aliphatic carbocycles.